The van der Waals surface area contributed by atoms with Crippen molar-refractivity contribution in [2.24, 2.45) is 5.73 Å². The molecule has 3 nitrogen and oxygen atoms in total. The summed E-state index contributed by atoms with van der Waals surface area (Å²) in [5.74, 6) is -0.480. The molecule has 0 amide bonds. The van der Waals surface area contributed by atoms with E-state index in [1.807, 2.05) is 6.92 Å². The van der Waals surface area contributed by atoms with Gasteiger partial charge < -0.3 is 4.74 Å². The maximum absolute atomic E-state index is 10.6. The largest absolute Gasteiger partial charge is 0.441 e. The second-order valence-corrected chi connectivity index (χ2v) is 2.29. The van der Waals surface area contributed by atoms with Gasteiger partial charge in [-0.25, -0.2) is 4.79 Å². The van der Waals surface area contributed by atoms with Crippen molar-refractivity contribution in [1.29, 1.82) is 0 Å². The molecule has 0 fully saturated rings. The molecular formula is C7H14ClNO2. The Hall–Kier alpha value is -0.540. The Morgan fingerprint density at radius 1 is 1.82 bits per heavy atom. The summed E-state index contributed by atoms with van der Waals surface area (Å²) in [7, 11) is 0. The highest BCUT2D eigenvalue weighted by Crippen LogP contribution is 2.06. The Labute approximate surface area is 73.0 Å². The monoisotopic (exact) mass is 179 g/mol. The molecule has 0 saturated carbocycles. The van der Waals surface area contributed by atoms with Crippen molar-refractivity contribution in [2.75, 3.05) is 0 Å². The zero-order valence-electron chi connectivity index (χ0n) is 6.79. The molecule has 0 aromatic heterocycles. The summed E-state index contributed by atoms with van der Waals surface area (Å²) in [5.41, 5.74) is 4.65. The maximum atomic E-state index is 10.6. The van der Waals surface area contributed by atoms with Crippen LogP contribution in [0.25, 0.3) is 0 Å². The van der Waals surface area contributed by atoms with E-state index in [-0.39, 0.29) is 12.4 Å². The number of ether oxygens (including phenoxy) is 1. The van der Waals surface area contributed by atoms with Gasteiger partial charge in [0.1, 0.15) is 0 Å². The zero-order chi connectivity index (χ0) is 8.20. The first-order valence-corrected chi connectivity index (χ1v) is 3.16. The van der Waals surface area contributed by atoms with Crippen molar-refractivity contribution in [3.63, 3.8) is 0 Å². The summed E-state index contributed by atoms with van der Waals surface area (Å²) >= 11 is 0. The molecule has 0 aliphatic carbocycles. The fourth-order valence-corrected chi connectivity index (χ4v) is 0.344. The predicted octanol–water partition coefficient (Wildman–Crippen LogP) is 1.22. The molecule has 0 radical (unpaired) electrons. The van der Waals surface area contributed by atoms with Crippen LogP contribution < -0.4 is 5.73 Å². The molecule has 0 aliphatic heterocycles. The summed E-state index contributed by atoms with van der Waals surface area (Å²) in [5, 5.41) is 0. The Balaban J connectivity index is 0. The van der Waals surface area contributed by atoms with Crippen molar-refractivity contribution >= 4 is 18.4 Å². The Kier molecular flexibility index (Phi) is 6.13. The number of carbonyl (C=O) groups is 1. The van der Waals surface area contributed by atoms with Crippen LogP contribution in [0.4, 0.5) is 0 Å². The molecule has 0 aromatic rings. The third-order valence-electron chi connectivity index (χ3n) is 1.20. The molecule has 0 aromatic carbocycles. The first-order chi connectivity index (χ1) is 4.52. The molecule has 0 aliphatic rings. The number of esters is 1. The number of hydrogen-bond donors (Lipinski definition) is 1. The first-order valence-electron chi connectivity index (χ1n) is 3.16. The predicted molar refractivity (Wildman–Crippen MR) is 46.4 cm³/mol. The average Bonchev–Trinajstić information content (AvgIpc) is 1.87. The third kappa shape index (κ3) is 5.88. The standard InChI is InChI=1S/C7H13NO2.ClH/c1-4-6(9)10-7(3,8)5-2;/h4H,1,5,8H2,2-3H3;1H. The lowest BCUT2D eigenvalue weighted by atomic mass is 10.2. The second kappa shape index (κ2) is 5.16. The highest BCUT2D eigenvalue weighted by atomic mass is 35.5. The van der Waals surface area contributed by atoms with Crippen LogP contribution in [0, 0.1) is 0 Å². The van der Waals surface area contributed by atoms with Gasteiger partial charge in [0.25, 0.3) is 0 Å². The molecule has 0 bridgehead atoms. The number of halogens is 1. The van der Waals surface area contributed by atoms with Crippen LogP contribution >= 0.6 is 12.4 Å². The van der Waals surface area contributed by atoms with Gasteiger partial charge in [-0.05, 0) is 13.3 Å². The highest BCUT2D eigenvalue weighted by Gasteiger charge is 2.18. The summed E-state index contributed by atoms with van der Waals surface area (Å²) in [6.07, 6.45) is 1.69. The van der Waals surface area contributed by atoms with Gasteiger partial charge in [-0.3, -0.25) is 5.73 Å². The zero-order valence-corrected chi connectivity index (χ0v) is 7.61. The number of carbonyl (C=O) groups excluding carboxylic acids is 1. The third-order valence-corrected chi connectivity index (χ3v) is 1.20. The minimum Gasteiger partial charge on any atom is -0.441 e. The molecule has 2 N–H and O–H groups in total. The molecule has 4 heteroatoms. The van der Waals surface area contributed by atoms with Crippen LogP contribution in [0.3, 0.4) is 0 Å². The van der Waals surface area contributed by atoms with Gasteiger partial charge in [0.15, 0.2) is 5.72 Å². The van der Waals surface area contributed by atoms with E-state index in [0.717, 1.165) is 6.08 Å². The highest BCUT2D eigenvalue weighted by molar-refractivity contribution is 5.85. The minimum absolute atomic E-state index is 0. The van der Waals surface area contributed by atoms with E-state index in [2.05, 4.69) is 6.58 Å². The van der Waals surface area contributed by atoms with Crippen LogP contribution in [-0.4, -0.2) is 11.7 Å². The molecule has 0 heterocycles. The topological polar surface area (TPSA) is 52.3 Å². The van der Waals surface area contributed by atoms with E-state index >= 15 is 0 Å². The van der Waals surface area contributed by atoms with Gasteiger partial charge in [-0.15, -0.1) is 12.4 Å². The van der Waals surface area contributed by atoms with Crippen LogP contribution in [-0.2, 0) is 9.53 Å². The Bertz CT molecular complexity index is 145. The lowest BCUT2D eigenvalue weighted by Gasteiger charge is -2.21. The molecule has 0 spiro atoms. The number of nitrogens with two attached hydrogens (primary N) is 1. The maximum Gasteiger partial charge on any atom is 0.331 e. The lowest BCUT2D eigenvalue weighted by Crippen LogP contribution is -2.40. The van der Waals surface area contributed by atoms with E-state index in [1.54, 1.807) is 6.92 Å². The summed E-state index contributed by atoms with van der Waals surface area (Å²) < 4.78 is 4.76. The van der Waals surface area contributed by atoms with E-state index in [1.165, 1.54) is 0 Å². The fraction of sp³-hybridized carbons (Fsp3) is 0.571. The second-order valence-electron chi connectivity index (χ2n) is 2.29. The van der Waals surface area contributed by atoms with E-state index in [9.17, 15) is 4.79 Å². The lowest BCUT2D eigenvalue weighted by molar-refractivity contribution is -0.151. The van der Waals surface area contributed by atoms with E-state index in [4.69, 9.17) is 10.5 Å². The minimum atomic E-state index is -0.856. The molecule has 1 unspecified atom stereocenters. The summed E-state index contributed by atoms with van der Waals surface area (Å²) in [4.78, 5) is 10.6. The fourth-order valence-electron chi connectivity index (χ4n) is 0.344. The van der Waals surface area contributed by atoms with Crippen LogP contribution in [0.2, 0.25) is 0 Å². The van der Waals surface area contributed by atoms with Crippen molar-refractivity contribution in [3.8, 4) is 0 Å². The van der Waals surface area contributed by atoms with Crippen molar-refractivity contribution in [3.05, 3.63) is 12.7 Å². The van der Waals surface area contributed by atoms with Gasteiger partial charge in [-0.2, -0.15) is 0 Å². The molecule has 66 valence electrons. The van der Waals surface area contributed by atoms with Gasteiger partial charge in [-0.1, -0.05) is 13.5 Å². The van der Waals surface area contributed by atoms with Gasteiger partial charge in [0, 0.05) is 6.08 Å². The SMILES string of the molecule is C=CC(=O)OC(C)(N)CC.Cl. The van der Waals surface area contributed by atoms with Gasteiger partial charge in [0.2, 0.25) is 0 Å². The number of rotatable bonds is 3. The molecule has 1 atom stereocenters. The van der Waals surface area contributed by atoms with E-state index < -0.39 is 11.7 Å². The molecule has 0 saturated heterocycles. The van der Waals surface area contributed by atoms with Crippen LogP contribution in [0.5, 0.6) is 0 Å². The molecule has 0 rings (SSSR count). The first kappa shape index (κ1) is 13.1. The molecule has 11 heavy (non-hydrogen) atoms. The van der Waals surface area contributed by atoms with Crippen LogP contribution in [0.1, 0.15) is 20.3 Å². The Morgan fingerprint density at radius 3 is 2.55 bits per heavy atom. The summed E-state index contributed by atoms with van der Waals surface area (Å²) in [6.45, 7) is 6.74. The quantitative estimate of drug-likeness (QED) is 0.403. The number of hydrogen-bond acceptors (Lipinski definition) is 3. The average molecular weight is 180 g/mol. The van der Waals surface area contributed by atoms with Gasteiger partial charge >= 0.3 is 5.97 Å². The molecular weight excluding hydrogens is 166 g/mol. The van der Waals surface area contributed by atoms with Gasteiger partial charge in [0.05, 0.1) is 0 Å². The Morgan fingerprint density at radius 2 is 2.27 bits per heavy atom. The van der Waals surface area contributed by atoms with Crippen molar-refractivity contribution in [2.45, 2.75) is 26.0 Å². The van der Waals surface area contributed by atoms with Crippen molar-refractivity contribution < 1.29 is 9.53 Å². The normalized spacial score (nSPS) is 14.1. The smallest absolute Gasteiger partial charge is 0.331 e. The summed E-state index contributed by atoms with van der Waals surface area (Å²) in [6, 6.07) is 0. The van der Waals surface area contributed by atoms with Crippen LogP contribution in [0.15, 0.2) is 12.7 Å². The van der Waals surface area contributed by atoms with Crippen molar-refractivity contribution in [1.82, 2.24) is 0 Å². The van der Waals surface area contributed by atoms with E-state index in [0.29, 0.717) is 6.42 Å².